The molecule has 0 bridgehead atoms. The summed E-state index contributed by atoms with van der Waals surface area (Å²) in [4.78, 5) is 22.7. The quantitative estimate of drug-likeness (QED) is 0.402. The van der Waals surface area contributed by atoms with Crippen LogP contribution < -0.4 is 0 Å². The molecule has 5 nitrogen and oxygen atoms in total. The van der Waals surface area contributed by atoms with E-state index in [9.17, 15) is 14.9 Å². The second-order valence-corrected chi connectivity index (χ2v) is 5.76. The standard InChI is InChI=1S/C20H13NO4/c22-20(13-9-11-14(12-10-13)21(23)24)25-19-17-7-3-1-5-15(17)16-6-2-4-8-18(16)19/h1-12,19H. The van der Waals surface area contributed by atoms with E-state index in [2.05, 4.69) is 0 Å². The van der Waals surface area contributed by atoms with Gasteiger partial charge in [-0.25, -0.2) is 4.79 Å². The van der Waals surface area contributed by atoms with Crippen molar-refractivity contribution in [2.45, 2.75) is 6.10 Å². The topological polar surface area (TPSA) is 69.4 Å². The van der Waals surface area contributed by atoms with Gasteiger partial charge in [-0.05, 0) is 23.3 Å². The van der Waals surface area contributed by atoms with Crippen molar-refractivity contribution < 1.29 is 14.5 Å². The Morgan fingerprint density at radius 3 is 1.88 bits per heavy atom. The molecule has 0 saturated heterocycles. The van der Waals surface area contributed by atoms with Crippen molar-refractivity contribution in [1.82, 2.24) is 0 Å². The molecule has 0 heterocycles. The molecule has 4 rings (SSSR count). The third-order valence-corrected chi connectivity index (χ3v) is 4.32. The minimum Gasteiger partial charge on any atom is -0.449 e. The average Bonchev–Trinajstić information content (AvgIpc) is 2.96. The van der Waals surface area contributed by atoms with Crippen LogP contribution in [-0.4, -0.2) is 10.9 Å². The summed E-state index contributed by atoms with van der Waals surface area (Å²) in [5, 5.41) is 10.7. The minimum absolute atomic E-state index is 0.0619. The molecule has 0 N–H and O–H groups in total. The fourth-order valence-corrected chi connectivity index (χ4v) is 3.13. The van der Waals surface area contributed by atoms with E-state index >= 15 is 0 Å². The van der Waals surface area contributed by atoms with Crippen LogP contribution >= 0.6 is 0 Å². The molecule has 0 atom stereocenters. The third kappa shape index (κ3) is 2.55. The second kappa shape index (κ2) is 5.87. The predicted molar refractivity (Wildman–Crippen MR) is 92.2 cm³/mol. The Labute approximate surface area is 143 Å². The lowest BCUT2D eigenvalue weighted by Crippen LogP contribution is -2.11. The number of carbonyl (C=O) groups excluding carboxylic acids is 1. The van der Waals surface area contributed by atoms with E-state index in [1.165, 1.54) is 24.3 Å². The highest BCUT2D eigenvalue weighted by Crippen LogP contribution is 2.45. The van der Waals surface area contributed by atoms with Crippen molar-refractivity contribution in [1.29, 1.82) is 0 Å². The van der Waals surface area contributed by atoms with Crippen LogP contribution in [0.5, 0.6) is 0 Å². The molecule has 5 heteroatoms. The number of nitro groups is 1. The van der Waals surface area contributed by atoms with E-state index < -0.39 is 17.0 Å². The second-order valence-electron chi connectivity index (χ2n) is 5.76. The highest BCUT2D eigenvalue weighted by Gasteiger charge is 2.31. The maximum Gasteiger partial charge on any atom is 0.339 e. The van der Waals surface area contributed by atoms with E-state index in [-0.39, 0.29) is 11.3 Å². The summed E-state index contributed by atoms with van der Waals surface area (Å²) in [5.41, 5.74) is 4.22. The lowest BCUT2D eigenvalue weighted by molar-refractivity contribution is -0.384. The first-order valence-corrected chi connectivity index (χ1v) is 7.79. The molecule has 0 saturated carbocycles. The Bertz CT molecular complexity index is 933. The van der Waals surface area contributed by atoms with Gasteiger partial charge in [0, 0.05) is 23.3 Å². The van der Waals surface area contributed by atoms with Crippen LogP contribution in [-0.2, 0) is 4.74 Å². The van der Waals surface area contributed by atoms with Crippen LogP contribution in [0.15, 0.2) is 72.8 Å². The molecule has 0 aliphatic heterocycles. The van der Waals surface area contributed by atoms with E-state index in [0.29, 0.717) is 0 Å². The smallest absolute Gasteiger partial charge is 0.339 e. The molecular weight excluding hydrogens is 318 g/mol. The van der Waals surface area contributed by atoms with Gasteiger partial charge in [0.05, 0.1) is 10.5 Å². The fourth-order valence-electron chi connectivity index (χ4n) is 3.13. The first-order chi connectivity index (χ1) is 12.1. The molecule has 0 unspecified atom stereocenters. The summed E-state index contributed by atoms with van der Waals surface area (Å²) in [6.45, 7) is 0. The summed E-state index contributed by atoms with van der Waals surface area (Å²) in [6, 6.07) is 21.1. The Hall–Kier alpha value is -3.47. The van der Waals surface area contributed by atoms with Crippen molar-refractivity contribution >= 4 is 11.7 Å². The summed E-state index contributed by atoms with van der Waals surface area (Å²) < 4.78 is 5.74. The first-order valence-electron chi connectivity index (χ1n) is 7.79. The Balaban J connectivity index is 1.66. The molecule has 0 amide bonds. The number of benzene rings is 3. The van der Waals surface area contributed by atoms with Crippen molar-refractivity contribution in [3.05, 3.63) is 99.6 Å². The molecular formula is C20H13NO4. The van der Waals surface area contributed by atoms with Crippen LogP contribution in [0.1, 0.15) is 27.6 Å². The van der Waals surface area contributed by atoms with E-state index in [1.807, 2.05) is 48.5 Å². The number of hydrogen-bond acceptors (Lipinski definition) is 4. The van der Waals surface area contributed by atoms with Gasteiger partial charge < -0.3 is 4.74 Å². The highest BCUT2D eigenvalue weighted by molar-refractivity contribution is 5.91. The zero-order valence-corrected chi connectivity index (χ0v) is 13.1. The molecule has 25 heavy (non-hydrogen) atoms. The van der Waals surface area contributed by atoms with Gasteiger partial charge in [-0.3, -0.25) is 10.1 Å². The highest BCUT2D eigenvalue weighted by atomic mass is 16.6. The van der Waals surface area contributed by atoms with Crippen molar-refractivity contribution in [2.75, 3.05) is 0 Å². The summed E-state index contributed by atoms with van der Waals surface area (Å²) in [7, 11) is 0. The van der Waals surface area contributed by atoms with Crippen molar-refractivity contribution in [2.24, 2.45) is 0 Å². The maximum absolute atomic E-state index is 12.5. The summed E-state index contributed by atoms with van der Waals surface area (Å²) >= 11 is 0. The Morgan fingerprint density at radius 2 is 1.36 bits per heavy atom. The fraction of sp³-hybridized carbons (Fsp3) is 0.0500. The number of fused-ring (bicyclic) bond motifs is 3. The number of nitrogens with zero attached hydrogens (tertiary/aromatic N) is 1. The van der Waals surface area contributed by atoms with Crippen LogP contribution in [0.4, 0.5) is 5.69 Å². The van der Waals surface area contributed by atoms with Gasteiger partial charge in [0.1, 0.15) is 0 Å². The zero-order chi connectivity index (χ0) is 17.4. The van der Waals surface area contributed by atoms with E-state index in [1.54, 1.807) is 0 Å². The monoisotopic (exact) mass is 331 g/mol. The van der Waals surface area contributed by atoms with Crippen molar-refractivity contribution in [3.8, 4) is 11.1 Å². The van der Waals surface area contributed by atoms with E-state index in [4.69, 9.17) is 4.74 Å². The molecule has 0 fully saturated rings. The largest absolute Gasteiger partial charge is 0.449 e. The number of carbonyl (C=O) groups is 1. The van der Waals surface area contributed by atoms with Gasteiger partial charge in [-0.2, -0.15) is 0 Å². The zero-order valence-electron chi connectivity index (χ0n) is 13.1. The minimum atomic E-state index is -0.508. The van der Waals surface area contributed by atoms with Gasteiger partial charge in [0.15, 0.2) is 6.10 Å². The normalized spacial score (nSPS) is 12.3. The summed E-state index contributed by atoms with van der Waals surface area (Å²) in [6.07, 6.45) is -0.477. The average molecular weight is 331 g/mol. The summed E-state index contributed by atoms with van der Waals surface area (Å²) in [5.74, 6) is -0.508. The lowest BCUT2D eigenvalue weighted by Gasteiger charge is -2.15. The van der Waals surface area contributed by atoms with Crippen LogP contribution in [0, 0.1) is 10.1 Å². The Kier molecular flexibility index (Phi) is 3.54. The molecule has 3 aromatic rings. The van der Waals surface area contributed by atoms with E-state index in [0.717, 1.165) is 22.3 Å². The predicted octanol–water partition coefficient (Wildman–Crippen LogP) is 4.52. The number of esters is 1. The number of non-ortho nitro benzene ring substituents is 1. The molecule has 0 spiro atoms. The molecule has 122 valence electrons. The van der Waals surface area contributed by atoms with Crippen LogP contribution in [0.25, 0.3) is 11.1 Å². The number of hydrogen-bond donors (Lipinski definition) is 0. The first kappa shape index (κ1) is 15.1. The number of nitro benzene ring substituents is 1. The Morgan fingerprint density at radius 1 is 0.840 bits per heavy atom. The molecule has 0 aromatic heterocycles. The maximum atomic E-state index is 12.5. The molecule has 1 aliphatic carbocycles. The SMILES string of the molecule is O=C(OC1c2ccccc2-c2ccccc21)c1ccc([N+](=O)[O-])cc1. The van der Waals surface area contributed by atoms with Crippen LogP contribution in [0.3, 0.4) is 0 Å². The molecule has 1 aliphatic rings. The van der Waals surface area contributed by atoms with Gasteiger partial charge in [-0.15, -0.1) is 0 Å². The number of rotatable bonds is 3. The van der Waals surface area contributed by atoms with Crippen LogP contribution in [0.2, 0.25) is 0 Å². The lowest BCUT2D eigenvalue weighted by atomic mass is 10.1. The van der Waals surface area contributed by atoms with Crippen molar-refractivity contribution in [3.63, 3.8) is 0 Å². The molecule has 3 aromatic carbocycles. The van der Waals surface area contributed by atoms with Gasteiger partial charge in [0.2, 0.25) is 0 Å². The third-order valence-electron chi connectivity index (χ3n) is 4.32. The molecule has 0 radical (unpaired) electrons. The van der Waals surface area contributed by atoms with Gasteiger partial charge in [-0.1, -0.05) is 48.5 Å². The van der Waals surface area contributed by atoms with Gasteiger partial charge >= 0.3 is 5.97 Å². The van der Waals surface area contributed by atoms with Gasteiger partial charge in [0.25, 0.3) is 5.69 Å². The number of ether oxygens (including phenoxy) is 1.